The summed E-state index contributed by atoms with van der Waals surface area (Å²) in [6.07, 6.45) is 0. The summed E-state index contributed by atoms with van der Waals surface area (Å²) in [7, 11) is -63.3. The maximum absolute atomic E-state index is 12.4. The van der Waals surface area contributed by atoms with Crippen LogP contribution in [0.15, 0.2) is 0 Å². The van der Waals surface area contributed by atoms with Gasteiger partial charge in [0.15, 0.2) is 0 Å². The van der Waals surface area contributed by atoms with Gasteiger partial charge in [-0.05, 0) is 19.6 Å². The first kappa shape index (κ1) is 55.9. The Morgan fingerprint density at radius 2 is 0.500 bits per heavy atom. The van der Waals surface area contributed by atoms with Gasteiger partial charge in [0.1, 0.15) is 7.59 Å². The second-order valence-corrected chi connectivity index (χ2v) is 93.6. The Morgan fingerprint density at radius 1 is 0.326 bits per heavy atom. The van der Waals surface area contributed by atoms with Crippen LogP contribution in [0.2, 0.25) is 39.3 Å². The minimum Gasteiger partial charge on any atom is -0.578 e. The van der Waals surface area contributed by atoms with Crippen molar-refractivity contribution in [1.82, 2.24) is 0 Å². The van der Waals surface area contributed by atoms with E-state index in [0.29, 0.717) is 0 Å². The van der Waals surface area contributed by atoms with E-state index in [0.717, 1.165) is 0 Å². The van der Waals surface area contributed by atoms with Crippen molar-refractivity contribution in [2.45, 2.75) is 88.3 Å². The van der Waals surface area contributed by atoms with Crippen molar-refractivity contribution in [2.75, 3.05) is 0 Å². The quantitative estimate of drug-likeness (QED) is 0.157. The Labute approximate surface area is 289 Å². The molecule has 16 nitrogen and oxygen atoms in total. The first-order chi connectivity index (χ1) is 20.4. The summed E-state index contributed by atoms with van der Waals surface area (Å²) in [4.78, 5) is 0. The van der Waals surface area contributed by atoms with Crippen LogP contribution in [0.25, 0.3) is 0 Å². The lowest BCUT2D eigenvalue weighted by molar-refractivity contribution is 0.462. The predicted molar refractivity (Wildman–Crippen MR) is 185 cm³/mol. The van der Waals surface area contributed by atoms with Crippen LogP contribution in [0.5, 0.6) is 0 Å². The van der Waals surface area contributed by atoms with Gasteiger partial charge in [0.05, 0.1) is 0 Å². The third-order valence-electron chi connectivity index (χ3n) is 3.95. The minimum atomic E-state index is -4.20. The molecule has 0 heterocycles. The first-order valence-electron chi connectivity index (χ1n) is 13.2. The van der Waals surface area contributed by atoms with Crippen LogP contribution in [-0.4, -0.2) is 132 Å². The number of hydrogen-bond donors (Lipinski definition) is 0. The van der Waals surface area contributed by atoms with Crippen LogP contribution in [-0.2, 0) is 71.0 Å². The first-order valence-corrected chi connectivity index (χ1v) is 56.2. The van der Waals surface area contributed by atoms with Gasteiger partial charge in [0, 0.05) is 0 Å². The molecule has 0 saturated carbocycles. The van der Waals surface area contributed by atoms with Crippen molar-refractivity contribution in [2.24, 2.45) is 0 Å². The maximum atomic E-state index is 12.4. The molecule has 0 aromatic rings. The Morgan fingerprint density at radius 3 is 0.674 bits per heavy atom. The molecule has 0 aliphatic rings. The highest BCUT2D eigenvalue weighted by Gasteiger charge is 2.55. The molecule has 33 heteroatoms. The molecule has 0 atom stereocenters. The monoisotopic (exact) mass is 928 g/mol. The van der Waals surface area contributed by atoms with E-state index in [1.165, 1.54) is 19.6 Å². The molecule has 0 radical (unpaired) electrons. The van der Waals surface area contributed by atoms with Gasteiger partial charge in [-0.2, -0.15) is 0 Å². The smallest absolute Gasteiger partial charge is 0.532 e. The fraction of sp³-hybridized carbons (Fsp3) is 1.00. The van der Waals surface area contributed by atoms with Gasteiger partial charge in [-0.25, -0.2) is 0 Å². The molecule has 0 aromatic heterocycles. The Bertz CT molecular complexity index is 1370. The van der Waals surface area contributed by atoms with E-state index in [1.54, 1.807) is 19.6 Å². The van der Waals surface area contributed by atoms with Gasteiger partial charge in [0.2, 0.25) is 8.32 Å². The fourth-order valence-electron chi connectivity index (χ4n) is 2.00. The summed E-state index contributed by atoms with van der Waals surface area (Å²) < 4.78 is 190. The van der Waals surface area contributed by atoms with Gasteiger partial charge in [-0.1, -0.05) is 68.6 Å². The van der Waals surface area contributed by atoms with Gasteiger partial charge in [0.25, 0.3) is 0 Å². The van der Waals surface area contributed by atoms with Crippen molar-refractivity contribution >= 4 is 132 Å². The zero-order chi connectivity index (χ0) is 37.4. The fourth-order valence-corrected chi connectivity index (χ4v) is 180. The minimum absolute atomic E-state index is 0. The SMILES string of the molecule is C.CC.CC.CC.C[Si](C)(C)O[Si](=O)[Si](=O)[Si](=O)[Si](=O)[Si](=O)[Si](=O)[Si](=O)[Si](=O)[Si](=O)[Si](=O)[Si](=O)[Si](=O)[Si](=O)[Si](=O)[Si](=O)[Si](C)(C)C. The summed E-state index contributed by atoms with van der Waals surface area (Å²) in [6.45, 7) is 21.3. The molecule has 0 unspecified atom stereocenters. The standard InChI is InChI=1S/C6H18O16Si17.3C2H6.CH4/c1-38(2,3)22-23(7)24(8)25(9)26(10)27(11)28(12)29(13)30(14)31(15)32(16)33(17)34(18)35(19)36(20)37(21)39(4,5)6;3*1-2;/h1-6H3;3*1-2H3;1H4. The molecule has 46 heavy (non-hydrogen) atoms. The molecule has 0 rings (SSSR count). The van der Waals surface area contributed by atoms with Crippen molar-refractivity contribution < 1.29 is 71.0 Å². The second kappa shape index (κ2) is 26.3. The predicted octanol–water partition coefficient (Wildman–Crippen LogP) is -1.11. The molecular formula is C13H40O16Si17. The second-order valence-electron chi connectivity index (χ2n) is 9.36. The average Bonchev–Trinajstić information content (AvgIpc) is 3.00. The van der Waals surface area contributed by atoms with E-state index >= 15 is 0 Å². The van der Waals surface area contributed by atoms with Gasteiger partial charge in [-0.3, -0.25) is 0 Å². The van der Waals surface area contributed by atoms with Crippen LogP contribution in [0.3, 0.4) is 0 Å². The Balaban J connectivity index is -0.000000751. The molecule has 0 aliphatic heterocycles. The van der Waals surface area contributed by atoms with Gasteiger partial charge >= 0.3 is 116 Å². The zero-order valence-corrected chi connectivity index (χ0v) is 44.0. The van der Waals surface area contributed by atoms with Crippen LogP contribution in [0.4, 0.5) is 0 Å². The Hall–Kier alpha value is 0.487. The molecule has 0 N–H and O–H groups in total. The van der Waals surface area contributed by atoms with Crippen LogP contribution < -0.4 is 0 Å². The lowest BCUT2D eigenvalue weighted by Gasteiger charge is -2.16. The highest BCUT2D eigenvalue weighted by atomic mass is 30.1. The maximum Gasteiger partial charge on any atom is 0.532 e. The Kier molecular flexibility index (Phi) is 32.0. The molecule has 0 amide bonds. The van der Waals surface area contributed by atoms with Crippen molar-refractivity contribution in [3.8, 4) is 0 Å². The lowest BCUT2D eigenvalue weighted by Crippen LogP contribution is -2.57. The molecule has 0 fully saturated rings. The van der Waals surface area contributed by atoms with E-state index in [1.807, 2.05) is 41.5 Å². The summed E-state index contributed by atoms with van der Waals surface area (Å²) in [5.74, 6) is 0. The van der Waals surface area contributed by atoms with Crippen molar-refractivity contribution in [3.05, 3.63) is 0 Å². The highest BCUT2D eigenvalue weighted by molar-refractivity contribution is 7.81. The normalized spacial score (nSPS) is 9.57. The van der Waals surface area contributed by atoms with Crippen LogP contribution >= 0.6 is 0 Å². The number of hydrogen-bond acceptors (Lipinski definition) is 16. The van der Waals surface area contributed by atoms with Crippen LogP contribution in [0, 0.1) is 0 Å². The number of rotatable bonds is 17. The van der Waals surface area contributed by atoms with E-state index in [2.05, 4.69) is 0 Å². The zero-order valence-electron chi connectivity index (χ0n) is 27.0. The van der Waals surface area contributed by atoms with E-state index in [-0.39, 0.29) is 7.43 Å². The molecule has 0 spiro atoms. The third kappa shape index (κ3) is 18.5. The summed E-state index contributed by atoms with van der Waals surface area (Å²) in [5.41, 5.74) is 0. The van der Waals surface area contributed by atoms with Crippen molar-refractivity contribution in [1.29, 1.82) is 0 Å². The largest absolute Gasteiger partial charge is 0.578 e. The van der Waals surface area contributed by atoms with E-state index in [9.17, 15) is 66.9 Å². The van der Waals surface area contributed by atoms with Gasteiger partial charge < -0.3 is 71.0 Å². The van der Waals surface area contributed by atoms with E-state index in [4.69, 9.17) is 4.12 Å². The molecule has 0 bridgehead atoms. The highest BCUT2D eigenvalue weighted by Crippen LogP contribution is 2.02. The molecule has 0 aromatic carbocycles. The summed E-state index contributed by atoms with van der Waals surface area (Å²) in [6, 6.07) is 0. The summed E-state index contributed by atoms with van der Waals surface area (Å²) >= 11 is 0. The van der Waals surface area contributed by atoms with Gasteiger partial charge in [-0.15, -0.1) is 0 Å². The van der Waals surface area contributed by atoms with E-state index < -0.39 is 132 Å². The van der Waals surface area contributed by atoms with Crippen molar-refractivity contribution in [3.63, 3.8) is 0 Å². The third-order valence-corrected chi connectivity index (χ3v) is 127. The molecule has 256 valence electrons. The summed E-state index contributed by atoms with van der Waals surface area (Å²) in [5, 5.41) is 0. The molecular weight excluding hydrogens is 890 g/mol. The topological polar surface area (TPSA) is 265 Å². The molecule has 0 aliphatic carbocycles. The average molecular weight is 930 g/mol. The van der Waals surface area contributed by atoms with Crippen LogP contribution in [0.1, 0.15) is 49.0 Å². The molecule has 0 saturated heterocycles. The lowest BCUT2D eigenvalue weighted by atomic mass is 11.0.